The van der Waals surface area contributed by atoms with E-state index >= 15 is 0 Å². The van der Waals surface area contributed by atoms with Gasteiger partial charge in [-0.05, 0) is 34.8 Å². The molecule has 1 aliphatic heterocycles. The summed E-state index contributed by atoms with van der Waals surface area (Å²) in [7, 11) is 2.40. The van der Waals surface area contributed by atoms with Crippen LogP contribution in [0.4, 0.5) is 11.4 Å². The van der Waals surface area contributed by atoms with E-state index in [-0.39, 0.29) is 35.9 Å². The summed E-state index contributed by atoms with van der Waals surface area (Å²) in [5.74, 6) is 0. The molecule has 1 aromatic carbocycles. The number of para-hydroxylation sites is 2. The largest absolute Gasteiger partial charge is 0.393 e. The summed E-state index contributed by atoms with van der Waals surface area (Å²) in [4.78, 5) is 5.07. The van der Waals surface area contributed by atoms with Gasteiger partial charge in [-0.3, -0.25) is 0 Å². The Balaban J connectivity index is 0.00000235. The van der Waals surface area contributed by atoms with Crippen molar-refractivity contribution in [3.63, 3.8) is 0 Å². The fourth-order valence-corrected chi connectivity index (χ4v) is 8.51. The summed E-state index contributed by atoms with van der Waals surface area (Å²) in [6.45, 7) is 25.1. The van der Waals surface area contributed by atoms with E-state index in [0.29, 0.717) is 0 Å². The molecule has 2 rings (SSSR count). The van der Waals surface area contributed by atoms with Crippen LogP contribution in [0.5, 0.6) is 0 Å². The fourth-order valence-electron chi connectivity index (χ4n) is 3.67. The van der Waals surface area contributed by atoms with Gasteiger partial charge in [0.2, 0.25) is 0 Å². The summed E-state index contributed by atoms with van der Waals surface area (Å²) in [6, 6.07) is 8.97. The van der Waals surface area contributed by atoms with Crippen molar-refractivity contribution >= 4 is 34.8 Å². The van der Waals surface area contributed by atoms with Gasteiger partial charge in [0.25, 0.3) is 0 Å². The molecule has 0 aliphatic carbocycles. The van der Waals surface area contributed by atoms with Gasteiger partial charge in [0, 0.05) is 44.1 Å². The van der Waals surface area contributed by atoms with Gasteiger partial charge in [0.1, 0.15) is 0 Å². The second kappa shape index (κ2) is 13.6. The van der Waals surface area contributed by atoms with E-state index in [9.17, 15) is 0 Å². The molecule has 0 atom stereocenters. The van der Waals surface area contributed by atoms with Crippen molar-refractivity contribution in [2.45, 2.75) is 78.0 Å². The Morgan fingerprint density at radius 1 is 0.714 bits per heavy atom. The molecule has 28 heavy (non-hydrogen) atoms. The van der Waals surface area contributed by atoms with E-state index in [1.807, 2.05) is 0 Å². The minimum absolute atomic E-state index is 0. The van der Waals surface area contributed by atoms with Gasteiger partial charge >= 0.3 is 7.55 Å². The van der Waals surface area contributed by atoms with Gasteiger partial charge in [-0.1, -0.05) is 97.2 Å². The average Bonchev–Trinajstić information content (AvgIpc) is 2.96. The zero-order valence-electron chi connectivity index (χ0n) is 19.1. The maximum Gasteiger partial charge on any atom is 0.392 e. The molecular weight excluding hydrogens is 557 g/mol. The maximum absolute atomic E-state index is 3.00. The molecule has 2 nitrogen and oxygen atoms in total. The van der Waals surface area contributed by atoms with Gasteiger partial charge in [-0.25, -0.2) is 0 Å². The van der Waals surface area contributed by atoms with E-state index in [2.05, 4.69) is 111 Å². The summed E-state index contributed by atoms with van der Waals surface area (Å²) < 4.78 is 0. The Morgan fingerprint density at radius 3 is 1.25 bits per heavy atom. The first kappa shape index (κ1) is 28.4. The molecule has 0 amide bonds. The van der Waals surface area contributed by atoms with Crippen LogP contribution in [0.15, 0.2) is 24.3 Å². The molecular formula is C22H40BIrN2P2. The van der Waals surface area contributed by atoms with Crippen molar-refractivity contribution in [2.75, 3.05) is 22.2 Å². The van der Waals surface area contributed by atoms with Crippen LogP contribution in [0, 0.1) is 13.8 Å². The number of nitrogens with zero attached hydrogens (tertiary/aromatic N) is 2. The molecule has 4 radical (unpaired) electrons. The van der Waals surface area contributed by atoms with Gasteiger partial charge in [-0.2, -0.15) is 0 Å². The summed E-state index contributed by atoms with van der Waals surface area (Å²) in [6.07, 6.45) is 2.36. The molecule has 1 aliphatic rings. The third-order valence-corrected chi connectivity index (χ3v) is 11.6. The van der Waals surface area contributed by atoms with Crippen molar-refractivity contribution in [3.8, 4) is 0 Å². The molecule has 0 saturated carbocycles. The standard InChI is InChI=1S/C20H36BN2P2.C2H4.Ir/c1-15(2)24(16(3)4)13-22-19-11-9-10-12-20(19)23(21-22)14-25(17(5)6)18(7)8;1-2;/h9-12,15-18H,13-14H2,1-8H3;1-2H2;. The van der Waals surface area contributed by atoms with Crippen LogP contribution in [-0.2, 0) is 20.1 Å². The van der Waals surface area contributed by atoms with Crippen molar-refractivity contribution in [1.29, 1.82) is 0 Å². The molecule has 0 unspecified atom stereocenters. The minimum atomic E-state index is -0.00512. The third-order valence-electron chi connectivity index (χ3n) is 5.06. The van der Waals surface area contributed by atoms with E-state index < -0.39 is 0 Å². The first-order chi connectivity index (χ1) is 12.7. The number of hydrogen-bond donors (Lipinski definition) is 0. The second-order valence-corrected chi connectivity index (χ2v) is 15.0. The zero-order valence-corrected chi connectivity index (χ0v) is 23.3. The Morgan fingerprint density at radius 2 is 1.00 bits per heavy atom. The fraction of sp³-hybridized carbons (Fsp3) is 0.636. The molecule has 1 heterocycles. The Kier molecular flexibility index (Phi) is 13.8. The van der Waals surface area contributed by atoms with Crippen molar-refractivity contribution in [3.05, 3.63) is 38.1 Å². The molecule has 0 saturated heterocycles. The monoisotopic (exact) mass is 598 g/mol. The second-order valence-electron chi connectivity index (χ2n) is 8.23. The van der Waals surface area contributed by atoms with Gasteiger partial charge in [-0.15, -0.1) is 0 Å². The first-order valence-corrected chi connectivity index (χ1v) is 13.5. The smallest absolute Gasteiger partial charge is 0.392 e. The predicted octanol–water partition coefficient (Wildman–Crippen LogP) is 7.01. The minimum Gasteiger partial charge on any atom is -0.393 e. The van der Waals surface area contributed by atoms with Crippen molar-refractivity contribution in [2.24, 2.45) is 0 Å². The summed E-state index contributed by atoms with van der Waals surface area (Å²) >= 11 is 0. The predicted molar refractivity (Wildman–Crippen MR) is 132 cm³/mol. The van der Waals surface area contributed by atoms with E-state index in [1.165, 1.54) is 23.9 Å². The number of hydrogen-bond acceptors (Lipinski definition) is 2. The normalized spacial score (nSPS) is 13.3. The first-order valence-electron chi connectivity index (χ1n) is 10.2. The van der Waals surface area contributed by atoms with Gasteiger partial charge in [0.15, 0.2) is 0 Å². The van der Waals surface area contributed by atoms with E-state index in [0.717, 1.165) is 22.6 Å². The topological polar surface area (TPSA) is 6.48 Å². The number of fused-ring (bicyclic) bond motifs is 1. The van der Waals surface area contributed by atoms with E-state index in [1.54, 1.807) is 0 Å². The van der Waals surface area contributed by atoms with Crippen LogP contribution >= 0.6 is 15.8 Å². The van der Waals surface area contributed by atoms with Crippen molar-refractivity contribution < 1.29 is 20.1 Å². The summed E-state index contributed by atoms with van der Waals surface area (Å²) in [5.41, 5.74) is 5.89. The van der Waals surface area contributed by atoms with Crippen LogP contribution in [0.2, 0.25) is 0 Å². The molecule has 0 bridgehead atoms. The van der Waals surface area contributed by atoms with Crippen LogP contribution < -0.4 is 9.62 Å². The van der Waals surface area contributed by atoms with Crippen LogP contribution in [0.25, 0.3) is 0 Å². The number of rotatable bonds is 8. The molecule has 0 N–H and O–H groups in total. The molecule has 0 spiro atoms. The van der Waals surface area contributed by atoms with Gasteiger partial charge in [0.05, 0.1) is 0 Å². The van der Waals surface area contributed by atoms with Crippen molar-refractivity contribution in [1.82, 2.24) is 0 Å². The Labute approximate surface area is 192 Å². The zero-order chi connectivity index (χ0) is 20.7. The Bertz CT molecular complexity index is 492. The van der Waals surface area contributed by atoms with Crippen LogP contribution in [0.3, 0.4) is 0 Å². The van der Waals surface area contributed by atoms with Gasteiger partial charge < -0.3 is 9.62 Å². The molecule has 0 aromatic heterocycles. The van der Waals surface area contributed by atoms with E-state index in [4.69, 9.17) is 0 Å². The Hall–Kier alpha value is 0.394. The average molecular weight is 598 g/mol. The molecule has 160 valence electrons. The summed E-state index contributed by atoms with van der Waals surface area (Å²) in [5, 5.41) is 0. The molecule has 0 fully saturated rings. The molecule has 6 heteroatoms. The van der Waals surface area contributed by atoms with Crippen LogP contribution in [0.1, 0.15) is 55.4 Å². The maximum atomic E-state index is 3.00. The number of anilines is 2. The van der Waals surface area contributed by atoms with Crippen LogP contribution in [-0.4, -0.2) is 42.8 Å². The number of benzene rings is 1. The SMILES string of the molecule is CC(C)P(CN1[B]N(CP(C(C)C)C(C)C)c2ccccc21)C(C)C.[CH2][CH2].[Ir]. The third kappa shape index (κ3) is 7.58. The quantitative estimate of drug-likeness (QED) is 0.235. The molecule has 1 aromatic rings.